The lowest BCUT2D eigenvalue weighted by Crippen LogP contribution is -2.11. The first-order valence-corrected chi connectivity index (χ1v) is 12.7. The van der Waals surface area contributed by atoms with Crippen molar-refractivity contribution in [3.8, 4) is 28.3 Å². The van der Waals surface area contributed by atoms with Crippen LogP contribution in [0.5, 0.6) is 5.75 Å². The third-order valence-corrected chi connectivity index (χ3v) is 7.31. The fraction of sp³-hybridized carbons (Fsp3) is 0.448. The number of hydrogen-bond acceptors (Lipinski definition) is 4. The molecule has 3 aromatic rings. The SMILES string of the molecule is O=C(O)COc1cccc(-c2ccccc2-c2nc(C3CCCCC3)c(C3CCCCC3)o2)c1. The number of oxazole rings is 1. The summed E-state index contributed by atoms with van der Waals surface area (Å²) in [6, 6.07) is 15.7. The van der Waals surface area contributed by atoms with Crippen LogP contribution in [0.2, 0.25) is 0 Å². The molecule has 2 aliphatic rings. The first kappa shape index (κ1) is 22.7. The second-order valence-electron chi connectivity index (χ2n) is 9.69. The Morgan fingerprint density at radius 3 is 2.26 bits per heavy atom. The van der Waals surface area contributed by atoms with Crippen molar-refractivity contribution in [1.29, 1.82) is 0 Å². The zero-order valence-electron chi connectivity index (χ0n) is 19.7. The Morgan fingerprint density at radius 2 is 1.56 bits per heavy atom. The molecule has 5 nitrogen and oxygen atoms in total. The standard InChI is InChI=1S/C29H33NO4/c31-26(32)19-33-23-15-9-14-22(18-23)24-16-7-8-17-25(24)29-30-27(20-10-3-1-4-11-20)28(34-29)21-12-5-2-6-13-21/h7-9,14-18,20-21H,1-6,10-13,19H2,(H,31,32). The van der Waals surface area contributed by atoms with Gasteiger partial charge in [0.05, 0.1) is 5.69 Å². The molecule has 2 saturated carbocycles. The van der Waals surface area contributed by atoms with E-state index in [-0.39, 0.29) is 6.61 Å². The van der Waals surface area contributed by atoms with Crippen LogP contribution in [0.3, 0.4) is 0 Å². The van der Waals surface area contributed by atoms with Crippen LogP contribution in [-0.2, 0) is 4.79 Å². The van der Waals surface area contributed by atoms with E-state index in [1.54, 1.807) is 6.07 Å². The van der Waals surface area contributed by atoms with Crippen LogP contribution in [-0.4, -0.2) is 22.7 Å². The molecule has 34 heavy (non-hydrogen) atoms. The molecule has 0 atom stereocenters. The molecule has 1 aromatic heterocycles. The highest BCUT2D eigenvalue weighted by Crippen LogP contribution is 2.44. The minimum absolute atomic E-state index is 0.361. The van der Waals surface area contributed by atoms with Gasteiger partial charge in [0, 0.05) is 17.4 Å². The summed E-state index contributed by atoms with van der Waals surface area (Å²) in [6.45, 7) is -0.361. The third kappa shape index (κ3) is 5.03. The Labute approximate surface area is 201 Å². The van der Waals surface area contributed by atoms with E-state index in [4.69, 9.17) is 19.2 Å². The fourth-order valence-electron chi connectivity index (χ4n) is 5.60. The minimum Gasteiger partial charge on any atom is -0.482 e. The highest BCUT2D eigenvalue weighted by molar-refractivity contribution is 5.80. The van der Waals surface area contributed by atoms with E-state index in [9.17, 15) is 4.79 Å². The van der Waals surface area contributed by atoms with E-state index in [1.807, 2.05) is 30.3 Å². The molecule has 1 heterocycles. The summed E-state index contributed by atoms with van der Waals surface area (Å²) in [5, 5.41) is 8.95. The molecule has 1 N–H and O–H groups in total. The van der Waals surface area contributed by atoms with E-state index >= 15 is 0 Å². The van der Waals surface area contributed by atoms with Gasteiger partial charge < -0.3 is 14.3 Å². The Bertz CT molecular complexity index is 1090. The molecule has 0 radical (unpaired) electrons. The second kappa shape index (κ2) is 10.5. The number of aromatic nitrogens is 1. The molecule has 178 valence electrons. The highest BCUT2D eigenvalue weighted by Gasteiger charge is 2.30. The van der Waals surface area contributed by atoms with Gasteiger partial charge in [-0.1, -0.05) is 68.9 Å². The summed E-state index contributed by atoms with van der Waals surface area (Å²) < 4.78 is 12.1. The topological polar surface area (TPSA) is 72.6 Å². The zero-order valence-corrected chi connectivity index (χ0v) is 19.7. The normalized spacial score (nSPS) is 17.5. The maximum Gasteiger partial charge on any atom is 0.341 e. The number of benzene rings is 2. The number of nitrogens with zero attached hydrogens (tertiary/aromatic N) is 1. The fourth-order valence-corrected chi connectivity index (χ4v) is 5.60. The Hall–Kier alpha value is -3.08. The van der Waals surface area contributed by atoms with Gasteiger partial charge in [0.15, 0.2) is 6.61 Å². The lowest BCUT2D eigenvalue weighted by atomic mass is 9.81. The number of carbonyl (C=O) groups is 1. The van der Waals surface area contributed by atoms with Crippen LogP contribution >= 0.6 is 0 Å². The van der Waals surface area contributed by atoms with Crippen LogP contribution in [0.1, 0.15) is 87.5 Å². The number of hydrogen-bond donors (Lipinski definition) is 1. The number of carboxylic acid groups (broad SMARTS) is 1. The van der Waals surface area contributed by atoms with Crippen molar-refractivity contribution in [3.05, 3.63) is 60.0 Å². The summed E-state index contributed by atoms with van der Waals surface area (Å²) in [5.41, 5.74) is 4.14. The molecule has 0 bridgehead atoms. The van der Waals surface area contributed by atoms with Crippen molar-refractivity contribution < 1.29 is 19.1 Å². The molecule has 5 rings (SSSR count). The van der Waals surface area contributed by atoms with Gasteiger partial charge >= 0.3 is 5.97 Å². The third-order valence-electron chi connectivity index (χ3n) is 7.31. The van der Waals surface area contributed by atoms with Crippen molar-refractivity contribution in [2.75, 3.05) is 6.61 Å². The predicted octanol–water partition coefficient (Wildman–Crippen LogP) is 7.57. The zero-order chi connectivity index (χ0) is 23.3. The van der Waals surface area contributed by atoms with Crippen LogP contribution in [0, 0.1) is 0 Å². The molecule has 2 aromatic carbocycles. The summed E-state index contributed by atoms with van der Waals surface area (Å²) in [5.74, 6) is 2.36. The Morgan fingerprint density at radius 1 is 0.882 bits per heavy atom. The molecule has 0 saturated heterocycles. The van der Waals surface area contributed by atoms with Crippen molar-refractivity contribution in [2.24, 2.45) is 0 Å². The van der Waals surface area contributed by atoms with Gasteiger partial charge in [0.2, 0.25) is 5.89 Å². The second-order valence-corrected chi connectivity index (χ2v) is 9.69. The van der Waals surface area contributed by atoms with Gasteiger partial charge in [-0.2, -0.15) is 0 Å². The van der Waals surface area contributed by atoms with Crippen molar-refractivity contribution in [2.45, 2.75) is 76.0 Å². The van der Waals surface area contributed by atoms with Crippen LogP contribution in [0.25, 0.3) is 22.6 Å². The summed E-state index contributed by atoms with van der Waals surface area (Å²) in [4.78, 5) is 16.1. The molecule has 5 heteroatoms. The van der Waals surface area contributed by atoms with Gasteiger partial charge in [0.1, 0.15) is 11.5 Å². The summed E-state index contributed by atoms with van der Waals surface area (Å²) in [7, 11) is 0. The Balaban J connectivity index is 1.53. The molecule has 0 aliphatic heterocycles. The molecule has 0 amide bonds. The number of carboxylic acids is 1. The quantitative estimate of drug-likeness (QED) is 0.394. The van der Waals surface area contributed by atoms with E-state index in [1.165, 1.54) is 69.9 Å². The highest BCUT2D eigenvalue weighted by atomic mass is 16.5. The average molecular weight is 460 g/mol. The first-order chi connectivity index (χ1) is 16.7. The van der Waals surface area contributed by atoms with Gasteiger partial charge in [0.25, 0.3) is 0 Å². The maximum atomic E-state index is 10.9. The lowest BCUT2D eigenvalue weighted by Gasteiger charge is -2.24. The van der Waals surface area contributed by atoms with E-state index in [0.717, 1.165) is 22.5 Å². The number of rotatable bonds is 7. The number of ether oxygens (including phenoxy) is 1. The molecule has 2 fully saturated rings. The Kier molecular flexibility index (Phi) is 6.98. The van der Waals surface area contributed by atoms with E-state index in [2.05, 4.69) is 12.1 Å². The van der Waals surface area contributed by atoms with Gasteiger partial charge in [-0.05, 0) is 55.0 Å². The van der Waals surface area contributed by atoms with Crippen LogP contribution < -0.4 is 4.74 Å². The molecular formula is C29H33NO4. The molecule has 0 spiro atoms. The molecule has 2 aliphatic carbocycles. The lowest BCUT2D eigenvalue weighted by molar-refractivity contribution is -0.139. The monoisotopic (exact) mass is 459 g/mol. The smallest absolute Gasteiger partial charge is 0.341 e. The van der Waals surface area contributed by atoms with Gasteiger partial charge in [-0.25, -0.2) is 9.78 Å². The van der Waals surface area contributed by atoms with Crippen molar-refractivity contribution >= 4 is 5.97 Å². The average Bonchev–Trinajstić information content (AvgIpc) is 3.34. The predicted molar refractivity (Wildman–Crippen MR) is 132 cm³/mol. The molecule has 0 unspecified atom stereocenters. The maximum absolute atomic E-state index is 10.9. The van der Waals surface area contributed by atoms with Crippen molar-refractivity contribution in [3.63, 3.8) is 0 Å². The van der Waals surface area contributed by atoms with E-state index < -0.39 is 5.97 Å². The number of aliphatic carboxylic acids is 1. The van der Waals surface area contributed by atoms with Gasteiger partial charge in [-0.15, -0.1) is 0 Å². The largest absolute Gasteiger partial charge is 0.482 e. The van der Waals surface area contributed by atoms with Crippen LogP contribution in [0.15, 0.2) is 52.9 Å². The van der Waals surface area contributed by atoms with Gasteiger partial charge in [-0.3, -0.25) is 0 Å². The van der Waals surface area contributed by atoms with E-state index in [0.29, 0.717) is 23.5 Å². The van der Waals surface area contributed by atoms with Crippen molar-refractivity contribution in [1.82, 2.24) is 4.98 Å². The summed E-state index contributed by atoms with van der Waals surface area (Å²) >= 11 is 0. The van der Waals surface area contributed by atoms with Crippen LogP contribution in [0.4, 0.5) is 0 Å². The first-order valence-electron chi connectivity index (χ1n) is 12.7. The summed E-state index contributed by atoms with van der Waals surface area (Å²) in [6.07, 6.45) is 12.5. The molecular weight excluding hydrogens is 426 g/mol. The minimum atomic E-state index is -0.990.